The van der Waals surface area contributed by atoms with Gasteiger partial charge in [0.2, 0.25) is 0 Å². The fourth-order valence-corrected chi connectivity index (χ4v) is 8.45. The molecule has 0 aromatic carbocycles. The average Bonchev–Trinajstić information content (AvgIpc) is 3.29. The van der Waals surface area contributed by atoms with Gasteiger partial charge in [-0.1, -0.05) is 132 Å². The number of rotatable bonds is 40. The van der Waals surface area contributed by atoms with Crippen molar-refractivity contribution >= 4 is 27.6 Å². The lowest BCUT2D eigenvalue weighted by atomic mass is 9.85. The van der Waals surface area contributed by atoms with Crippen molar-refractivity contribution in [2.75, 3.05) is 13.2 Å². The number of aliphatic hydroxyl groups is 5. The van der Waals surface area contributed by atoms with E-state index in [1.807, 2.05) is 31.2 Å². The van der Waals surface area contributed by atoms with Crippen molar-refractivity contribution in [2.24, 2.45) is 0 Å². The summed E-state index contributed by atoms with van der Waals surface area (Å²) in [6, 6.07) is 0. The maximum absolute atomic E-state index is 13.0. The van der Waals surface area contributed by atoms with Crippen LogP contribution in [-0.2, 0) is 41.8 Å². The summed E-state index contributed by atoms with van der Waals surface area (Å²) in [5.74, 6) is -1.30. The lowest BCUT2D eigenvalue weighted by molar-refractivity contribution is -0.216. The summed E-state index contributed by atoms with van der Waals surface area (Å²) >= 11 is 0. The van der Waals surface area contributed by atoms with Crippen molar-refractivity contribution in [1.29, 1.82) is 0 Å². The number of carbonyl (C=O) groups excluding carboxylic acids is 2. The van der Waals surface area contributed by atoms with Crippen LogP contribution < -0.4 is 0 Å². The Morgan fingerprint density at radius 2 is 0.985 bits per heavy atom. The molecule has 0 saturated heterocycles. The number of carbonyl (C=O) groups is 2. The third-order valence-electron chi connectivity index (χ3n) is 10.9. The SMILES string of the molecule is CCCCC/C=C\C/C=C\CCCCCCCCCC(=O)OC[C@H](COP(=O)(O)O[C@H]1C(O)C(O)C(O)[C@@H](OP(=O)(O)O)C1O)OC(=O)CCC/C=C\C/C=C\C/C=C\C/C=C\CC[C@H](O)CC. The van der Waals surface area contributed by atoms with E-state index in [2.05, 4.69) is 60.1 Å². The highest BCUT2D eigenvalue weighted by Crippen LogP contribution is 2.49. The predicted molar refractivity (Wildman–Crippen MR) is 261 cm³/mol. The number of phosphoric ester groups is 2. The van der Waals surface area contributed by atoms with Crippen LogP contribution in [0, 0.1) is 0 Å². The Morgan fingerprint density at radius 1 is 0.529 bits per heavy atom. The highest BCUT2D eigenvalue weighted by Gasteiger charge is 2.54. The Balaban J connectivity index is 2.63. The summed E-state index contributed by atoms with van der Waals surface area (Å²) in [7, 11) is -10.7. The number of hydrogen-bond donors (Lipinski definition) is 8. The van der Waals surface area contributed by atoms with Crippen molar-refractivity contribution in [1.82, 2.24) is 0 Å². The zero-order valence-electron chi connectivity index (χ0n) is 40.4. The van der Waals surface area contributed by atoms with Gasteiger partial charge in [0.1, 0.15) is 43.2 Å². The Hall–Kier alpha value is -2.60. The van der Waals surface area contributed by atoms with E-state index in [0.29, 0.717) is 25.7 Å². The molecule has 17 nitrogen and oxygen atoms in total. The third kappa shape index (κ3) is 33.1. The van der Waals surface area contributed by atoms with E-state index in [0.717, 1.165) is 89.9 Å². The van der Waals surface area contributed by atoms with Crippen molar-refractivity contribution < 1.29 is 82.0 Å². The number of phosphoric acid groups is 2. The number of allylic oxidation sites excluding steroid dienone is 12. The topological polar surface area (TPSA) is 276 Å². The fraction of sp³-hybridized carbons (Fsp3) is 0.714. The zero-order valence-corrected chi connectivity index (χ0v) is 42.2. The minimum Gasteiger partial charge on any atom is -0.462 e. The van der Waals surface area contributed by atoms with Gasteiger partial charge in [-0.15, -0.1) is 0 Å². The molecule has 392 valence electrons. The second kappa shape index (κ2) is 39.1. The van der Waals surface area contributed by atoms with Gasteiger partial charge in [0.25, 0.3) is 0 Å². The quantitative estimate of drug-likeness (QED) is 0.0123. The van der Waals surface area contributed by atoms with Crippen LogP contribution in [0.3, 0.4) is 0 Å². The van der Waals surface area contributed by atoms with Crippen LogP contribution in [0.1, 0.15) is 162 Å². The largest absolute Gasteiger partial charge is 0.472 e. The van der Waals surface area contributed by atoms with Crippen molar-refractivity contribution in [2.45, 2.75) is 210 Å². The summed E-state index contributed by atoms with van der Waals surface area (Å²) in [6.45, 7) is 2.75. The maximum atomic E-state index is 13.0. The van der Waals surface area contributed by atoms with E-state index >= 15 is 0 Å². The van der Waals surface area contributed by atoms with Crippen LogP contribution in [0.15, 0.2) is 72.9 Å². The summed E-state index contributed by atoms with van der Waals surface area (Å²) in [5, 5.41) is 50.8. The molecule has 0 aromatic rings. The van der Waals surface area contributed by atoms with Gasteiger partial charge in [-0.3, -0.25) is 23.2 Å². The van der Waals surface area contributed by atoms with Crippen molar-refractivity contribution in [3.63, 3.8) is 0 Å². The highest BCUT2D eigenvalue weighted by molar-refractivity contribution is 7.47. The average molecular weight is 1010 g/mol. The van der Waals surface area contributed by atoms with Crippen LogP contribution in [-0.4, -0.2) is 114 Å². The Labute approximate surface area is 404 Å². The molecule has 68 heavy (non-hydrogen) atoms. The molecule has 0 spiro atoms. The van der Waals surface area contributed by atoms with Gasteiger partial charge in [0.05, 0.1) is 12.7 Å². The van der Waals surface area contributed by atoms with Crippen LogP contribution in [0.2, 0.25) is 0 Å². The second-order valence-electron chi connectivity index (χ2n) is 17.0. The van der Waals surface area contributed by atoms with E-state index in [1.54, 1.807) is 0 Å². The normalized spacial score (nSPS) is 22.3. The van der Waals surface area contributed by atoms with E-state index in [1.165, 1.54) is 19.3 Å². The molecule has 1 fully saturated rings. The molecule has 0 radical (unpaired) electrons. The lowest BCUT2D eigenvalue weighted by Gasteiger charge is -2.43. The minimum atomic E-state index is -5.38. The van der Waals surface area contributed by atoms with Crippen molar-refractivity contribution in [3.05, 3.63) is 72.9 Å². The van der Waals surface area contributed by atoms with Crippen LogP contribution in [0.4, 0.5) is 0 Å². The second-order valence-corrected chi connectivity index (χ2v) is 19.6. The molecule has 1 saturated carbocycles. The molecule has 9 atom stereocenters. The van der Waals surface area contributed by atoms with E-state index in [4.69, 9.17) is 18.5 Å². The Morgan fingerprint density at radius 3 is 1.51 bits per heavy atom. The first-order valence-corrected chi connectivity index (χ1v) is 27.6. The number of unbranched alkanes of at least 4 members (excludes halogenated alkanes) is 11. The fourth-order valence-electron chi connectivity index (χ4n) is 6.91. The molecular formula is C49H84O17P2. The molecule has 8 N–H and O–H groups in total. The molecule has 0 bridgehead atoms. The molecule has 0 aromatic heterocycles. The van der Waals surface area contributed by atoms with Gasteiger partial charge >= 0.3 is 27.6 Å². The van der Waals surface area contributed by atoms with Crippen LogP contribution in [0.5, 0.6) is 0 Å². The molecule has 5 unspecified atom stereocenters. The summed E-state index contributed by atoms with van der Waals surface area (Å²) < 4.78 is 49.3. The first-order chi connectivity index (χ1) is 32.5. The Kier molecular flexibility index (Phi) is 36.4. The van der Waals surface area contributed by atoms with Gasteiger partial charge in [-0.2, -0.15) is 0 Å². The first-order valence-electron chi connectivity index (χ1n) is 24.6. The molecule has 19 heteroatoms. The molecule has 1 aliphatic carbocycles. The number of esters is 2. The molecule has 0 amide bonds. The van der Waals surface area contributed by atoms with E-state index in [9.17, 15) is 58.9 Å². The van der Waals surface area contributed by atoms with Crippen LogP contribution >= 0.6 is 15.6 Å². The monoisotopic (exact) mass is 1010 g/mol. The van der Waals surface area contributed by atoms with Gasteiger partial charge < -0.3 is 49.7 Å². The predicted octanol–water partition coefficient (Wildman–Crippen LogP) is 8.59. The molecular weight excluding hydrogens is 922 g/mol. The van der Waals surface area contributed by atoms with Gasteiger partial charge in [-0.25, -0.2) is 9.13 Å². The van der Waals surface area contributed by atoms with Crippen molar-refractivity contribution in [3.8, 4) is 0 Å². The summed E-state index contributed by atoms with van der Waals surface area (Å²) in [4.78, 5) is 54.3. The third-order valence-corrected chi connectivity index (χ3v) is 12.4. The van der Waals surface area contributed by atoms with Gasteiger partial charge in [0.15, 0.2) is 6.10 Å². The molecule has 1 rings (SSSR count). The number of hydrogen-bond acceptors (Lipinski definition) is 14. The van der Waals surface area contributed by atoms with E-state index in [-0.39, 0.29) is 18.9 Å². The smallest absolute Gasteiger partial charge is 0.462 e. The number of aliphatic hydroxyl groups excluding tert-OH is 5. The first kappa shape index (κ1) is 63.4. The molecule has 0 heterocycles. The molecule has 1 aliphatic rings. The lowest BCUT2D eigenvalue weighted by Crippen LogP contribution is -2.64. The molecule has 0 aliphatic heterocycles. The minimum absolute atomic E-state index is 0.0501. The number of ether oxygens (including phenoxy) is 2. The van der Waals surface area contributed by atoms with Gasteiger partial charge in [-0.05, 0) is 89.9 Å². The van der Waals surface area contributed by atoms with Crippen LogP contribution in [0.25, 0.3) is 0 Å². The maximum Gasteiger partial charge on any atom is 0.472 e. The summed E-state index contributed by atoms with van der Waals surface area (Å²) in [5.41, 5.74) is 0. The standard InChI is InChI=1S/C49H84O17P2/c1-3-5-6-7-8-9-10-11-12-13-14-18-21-24-27-30-33-36-42(51)62-38-41(39-63-68(60,61)66-49-46(55)44(53)45(54)48(47(49)56)65-67(57,58)59)64-43(52)37-34-31-28-25-22-19-16-15-17-20-23-26-29-32-35-40(50)4-2/h8-9,11-12,16-17,19-20,25-26,28-29,40-41,44-50,53-56H,3-7,10,13-15,18,21-24,27,30-39H2,1-2H3,(H,60,61)(H2,57,58,59)/b9-8-,12-11-,19-16-,20-17-,28-25-,29-26-/t40-,41-,44?,45?,46?,47?,48-,49+/m1/s1. The van der Waals surface area contributed by atoms with Gasteiger partial charge in [0, 0.05) is 12.8 Å². The highest BCUT2D eigenvalue weighted by atomic mass is 31.2. The summed E-state index contributed by atoms with van der Waals surface area (Å²) in [6.07, 6.45) is 29.4. The van der Waals surface area contributed by atoms with E-state index < -0.39 is 83.5 Å². The Bertz CT molecular complexity index is 1610. The zero-order chi connectivity index (χ0) is 50.5.